The SMILES string of the molecule is c1ccc(-c2cccc3cc(C4OCCO4)cnc23)cc1. The number of fused-ring (bicyclic) bond motifs is 1. The van der Waals surface area contributed by atoms with Crippen LogP contribution in [0.2, 0.25) is 0 Å². The van der Waals surface area contributed by atoms with Crippen molar-refractivity contribution in [2.45, 2.75) is 6.29 Å². The van der Waals surface area contributed by atoms with Crippen LogP contribution in [0.5, 0.6) is 0 Å². The summed E-state index contributed by atoms with van der Waals surface area (Å²) in [5, 5.41) is 1.10. The van der Waals surface area contributed by atoms with Gasteiger partial charge < -0.3 is 9.47 Å². The van der Waals surface area contributed by atoms with Gasteiger partial charge in [-0.15, -0.1) is 0 Å². The van der Waals surface area contributed by atoms with Gasteiger partial charge in [-0.2, -0.15) is 0 Å². The standard InChI is InChI=1S/C18H15NO2/c1-2-5-13(6-3-1)16-8-4-7-14-11-15(12-19-17(14)16)18-20-9-10-21-18/h1-8,11-12,18H,9-10H2. The molecular formula is C18H15NO2. The summed E-state index contributed by atoms with van der Waals surface area (Å²) in [6.07, 6.45) is 1.58. The molecule has 0 spiro atoms. The van der Waals surface area contributed by atoms with Crippen molar-refractivity contribution in [3.8, 4) is 11.1 Å². The molecule has 0 N–H and O–H groups in total. The first-order valence-corrected chi connectivity index (χ1v) is 7.09. The zero-order valence-electron chi connectivity index (χ0n) is 11.5. The van der Waals surface area contributed by atoms with Crippen LogP contribution in [0.25, 0.3) is 22.0 Å². The molecule has 1 fully saturated rings. The Balaban J connectivity index is 1.83. The van der Waals surface area contributed by atoms with Crippen LogP contribution < -0.4 is 0 Å². The van der Waals surface area contributed by atoms with Crippen LogP contribution >= 0.6 is 0 Å². The number of benzene rings is 2. The van der Waals surface area contributed by atoms with Gasteiger partial charge in [0.05, 0.1) is 18.7 Å². The van der Waals surface area contributed by atoms with Crippen LogP contribution in [0, 0.1) is 0 Å². The van der Waals surface area contributed by atoms with E-state index in [1.165, 1.54) is 5.56 Å². The average molecular weight is 277 g/mol. The molecule has 3 heteroatoms. The highest BCUT2D eigenvalue weighted by Gasteiger charge is 2.19. The molecule has 1 aromatic heterocycles. The van der Waals surface area contributed by atoms with Crippen LogP contribution in [-0.2, 0) is 9.47 Å². The molecule has 2 heterocycles. The highest BCUT2D eigenvalue weighted by molar-refractivity contribution is 5.93. The molecule has 4 rings (SSSR count). The summed E-state index contributed by atoms with van der Waals surface area (Å²) in [5.74, 6) is 0. The first-order valence-electron chi connectivity index (χ1n) is 7.09. The maximum Gasteiger partial charge on any atom is 0.185 e. The van der Waals surface area contributed by atoms with Gasteiger partial charge in [0.25, 0.3) is 0 Å². The summed E-state index contributed by atoms with van der Waals surface area (Å²) < 4.78 is 11.1. The van der Waals surface area contributed by atoms with Crippen molar-refractivity contribution < 1.29 is 9.47 Å². The maximum atomic E-state index is 5.54. The van der Waals surface area contributed by atoms with Crippen LogP contribution in [0.1, 0.15) is 11.9 Å². The summed E-state index contributed by atoms with van der Waals surface area (Å²) in [5.41, 5.74) is 4.31. The topological polar surface area (TPSA) is 31.4 Å². The Morgan fingerprint density at radius 1 is 0.905 bits per heavy atom. The van der Waals surface area contributed by atoms with Crippen molar-refractivity contribution in [2.75, 3.05) is 13.2 Å². The molecule has 0 atom stereocenters. The summed E-state index contributed by atoms with van der Waals surface area (Å²) >= 11 is 0. The van der Waals surface area contributed by atoms with E-state index in [4.69, 9.17) is 9.47 Å². The summed E-state index contributed by atoms with van der Waals surface area (Å²) in [6.45, 7) is 1.29. The Bertz CT molecular complexity index is 765. The van der Waals surface area contributed by atoms with E-state index in [9.17, 15) is 0 Å². The second kappa shape index (κ2) is 5.28. The lowest BCUT2D eigenvalue weighted by molar-refractivity contribution is -0.0442. The Labute approximate surface area is 123 Å². The second-order valence-electron chi connectivity index (χ2n) is 5.09. The van der Waals surface area contributed by atoms with Gasteiger partial charge in [-0.25, -0.2) is 0 Å². The number of ether oxygens (including phenoxy) is 2. The third-order valence-corrected chi connectivity index (χ3v) is 3.71. The molecule has 1 aliphatic heterocycles. The minimum absolute atomic E-state index is 0.276. The monoisotopic (exact) mass is 277 g/mol. The Kier molecular flexibility index (Phi) is 3.14. The number of hydrogen-bond donors (Lipinski definition) is 0. The second-order valence-corrected chi connectivity index (χ2v) is 5.09. The van der Waals surface area contributed by atoms with Crippen molar-refractivity contribution >= 4 is 10.9 Å². The third kappa shape index (κ3) is 2.31. The van der Waals surface area contributed by atoms with Gasteiger partial charge in [-0.3, -0.25) is 4.98 Å². The smallest absolute Gasteiger partial charge is 0.185 e. The summed E-state index contributed by atoms with van der Waals surface area (Å²) in [7, 11) is 0. The number of rotatable bonds is 2. The van der Waals surface area contributed by atoms with Gasteiger partial charge in [-0.05, 0) is 11.6 Å². The lowest BCUT2D eigenvalue weighted by Gasteiger charge is -2.11. The normalized spacial score (nSPS) is 15.6. The van der Waals surface area contributed by atoms with E-state index in [0.29, 0.717) is 13.2 Å². The van der Waals surface area contributed by atoms with Gasteiger partial charge in [0.2, 0.25) is 0 Å². The number of pyridine rings is 1. The van der Waals surface area contributed by atoms with Gasteiger partial charge >= 0.3 is 0 Å². The Morgan fingerprint density at radius 3 is 2.52 bits per heavy atom. The largest absolute Gasteiger partial charge is 0.346 e. The van der Waals surface area contributed by atoms with Crippen LogP contribution in [0.15, 0.2) is 60.8 Å². The van der Waals surface area contributed by atoms with Gasteiger partial charge in [0.1, 0.15) is 0 Å². The molecule has 0 aliphatic carbocycles. The molecule has 0 saturated carbocycles. The molecule has 104 valence electrons. The lowest BCUT2D eigenvalue weighted by atomic mass is 10.0. The average Bonchev–Trinajstić information content (AvgIpc) is 3.09. The number of para-hydroxylation sites is 1. The predicted octanol–water partition coefficient (Wildman–Crippen LogP) is 3.95. The lowest BCUT2D eigenvalue weighted by Crippen LogP contribution is -1.99. The number of hydrogen-bond acceptors (Lipinski definition) is 3. The van der Waals surface area contributed by atoms with Crippen LogP contribution in [-0.4, -0.2) is 18.2 Å². The first-order chi connectivity index (χ1) is 10.4. The minimum Gasteiger partial charge on any atom is -0.346 e. The third-order valence-electron chi connectivity index (χ3n) is 3.71. The van der Waals surface area contributed by atoms with E-state index in [1.54, 1.807) is 0 Å². The molecule has 0 bridgehead atoms. The molecule has 1 aliphatic rings. The van der Waals surface area contributed by atoms with E-state index in [1.807, 2.05) is 24.4 Å². The fourth-order valence-electron chi connectivity index (χ4n) is 2.71. The van der Waals surface area contributed by atoms with Gasteiger partial charge in [0, 0.05) is 22.7 Å². The van der Waals surface area contributed by atoms with E-state index >= 15 is 0 Å². The quantitative estimate of drug-likeness (QED) is 0.710. The van der Waals surface area contributed by atoms with Crippen molar-refractivity contribution in [1.29, 1.82) is 0 Å². The number of nitrogens with zero attached hydrogens (tertiary/aromatic N) is 1. The molecule has 0 unspecified atom stereocenters. The fraction of sp³-hybridized carbons (Fsp3) is 0.167. The predicted molar refractivity (Wildman–Crippen MR) is 81.8 cm³/mol. The van der Waals surface area contributed by atoms with Gasteiger partial charge in [0.15, 0.2) is 6.29 Å². The van der Waals surface area contributed by atoms with E-state index in [0.717, 1.165) is 22.0 Å². The first kappa shape index (κ1) is 12.5. The van der Waals surface area contributed by atoms with Crippen LogP contribution in [0.4, 0.5) is 0 Å². The zero-order valence-corrected chi connectivity index (χ0v) is 11.5. The molecule has 1 saturated heterocycles. The van der Waals surface area contributed by atoms with Crippen LogP contribution in [0.3, 0.4) is 0 Å². The number of aromatic nitrogens is 1. The molecule has 0 radical (unpaired) electrons. The Morgan fingerprint density at radius 2 is 1.71 bits per heavy atom. The van der Waals surface area contributed by atoms with Gasteiger partial charge in [-0.1, -0.05) is 48.5 Å². The highest BCUT2D eigenvalue weighted by Crippen LogP contribution is 2.30. The van der Waals surface area contributed by atoms with E-state index in [2.05, 4.69) is 41.4 Å². The summed E-state index contributed by atoms with van der Waals surface area (Å²) in [6, 6.07) is 18.7. The van der Waals surface area contributed by atoms with Crippen molar-refractivity contribution in [3.05, 3.63) is 66.4 Å². The van der Waals surface area contributed by atoms with Crippen molar-refractivity contribution in [2.24, 2.45) is 0 Å². The Hall–Kier alpha value is -2.23. The molecule has 3 nitrogen and oxygen atoms in total. The minimum atomic E-state index is -0.276. The molecule has 0 amide bonds. The molecule has 3 aromatic rings. The van der Waals surface area contributed by atoms with Crippen molar-refractivity contribution in [3.63, 3.8) is 0 Å². The maximum absolute atomic E-state index is 5.54. The fourth-order valence-corrected chi connectivity index (χ4v) is 2.71. The van der Waals surface area contributed by atoms with Crippen molar-refractivity contribution in [1.82, 2.24) is 4.98 Å². The summed E-state index contributed by atoms with van der Waals surface area (Å²) in [4.78, 5) is 4.64. The molecule has 21 heavy (non-hydrogen) atoms. The highest BCUT2D eigenvalue weighted by atomic mass is 16.7. The molecule has 2 aromatic carbocycles. The van der Waals surface area contributed by atoms with E-state index < -0.39 is 0 Å². The van der Waals surface area contributed by atoms with E-state index in [-0.39, 0.29) is 6.29 Å². The zero-order chi connectivity index (χ0) is 14.1. The molecular weight excluding hydrogens is 262 g/mol.